The third-order valence-corrected chi connectivity index (χ3v) is 6.29. The van der Waals surface area contributed by atoms with Crippen LogP contribution in [0, 0.1) is 6.92 Å². The number of hydrogen-bond donors (Lipinski definition) is 2. The molecule has 0 amide bonds. The number of aromatic nitrogens is 1. The van der Waals surface area contributed by atoms with E-state index < -0.39 is 0 Å². The van der Waals surface area contributed by atoms with Crippen LogP contribution in [0.15, 0.2) is 29.3 Å². The van der Waals surface area contributed by atoms with Crippen molar-refractivity contribution in [3.63, 3.8) is 0 Å². The molecule has 2 rings (SSSR count). The topological polar surface area (TPSA) is 78.8 Å². The highest BCUT2D eigenvalue weighted by Gasteiger charge is 2.20. The fraction of sp³-hybridized carbons (Fsp3) is 0.522. The first-order valence-corrected chi connectivity index (χ1v) is 11.6. The van der Waals surface area contributed by atoms with Crippen LogP contribution >= 0.6 is 11.3 Å². The van der Waals surface area contributed by atoms with Gasteiger partial charge < -0.3 is 15.4 Å². The van der Waals surface area contributed by atoms with E-state index in [9.17, 15) is 4.79 Å². The lowest BCUT2D eigenvalue weighted by Crippen LogP contribution is -2.38. The Morgan fingerprint density at radius 3 is 2.61 bits per heavy atom. The summed E-state index contributed by atoms with van der Waals surface area (Å²) >= 11 is 1.36. The van der Waals surface area contributed by atoms with Gasteiger partial charge in [0.1, 0.15) is 9.88 Å². The van der Waals surface area contributed by atoms with Crippen LogP contribution in [0.3, 0.4) is 0 Å². The van der Waals surface area contributed by atoms with Crippen molar-refractivity contribution < 1.29 is 9.53 Å². The van der Waals surface area contributed by atoms with Gasteiger partial charge in [-0.05, 0) is 45.0 Å². The summed E-state index contributed by atoms with van der Waals surface area (Å²) in [6.45, 7) is 14.1. The lowest BCUT2D eigenvalue weighted by molar-refractivity contribution is 0.0531. The Hall–Kier alpha value is -2.45. The number of carbonyl (C=O) groups is 1. The van der Waals surface area contributed by atoms with Crippen molar-refractivity contribution in [1.29, 1.82) is 0 Å². The molecule has 0 bridgehead atoms. The zero-order chi connectivity index (χ0) is 22.8. The standard InChI is InChI=1S/C23H35N5O2S/c1-7-28(8-2)15-19-12-10-11-18(13-19)14-25-23(24-6)27-17(5)21-26-16(4)20(31-21)22(29)30-9-3/h10-13,17H,7-9,14-15H2,1-6H3,(H2,24,25,27). The smallest absolute Gasteiger partial charge is 0.350 e. The van der Waals surface area contributed by atoms with Gasteiger partial charge in [-0.1, -0.05) is 38.1 Å². The predicted molar refractivity (Wildman–Crippen MR) is 128 cm³/mol. The van der Waals surface area contributed by atoms with E-state index in [0.29, 0.717) is 29.7 Å². The molecule has 31 heavy (non-hydrogen) atoms. The molecule has 0 fully saturated rings. The van der Waals surface area contributed by atoms with Crippen molar-refractivity contribution in [2.45, 2.75) is 53.8 Å². The summed E-state index contributed by atoms with van der Waals surface area (Å²) in [5.74, 6) is 0.371. The summed E-state index contributed by atoms with van der Waals surface area (Å²) in [6.07, 6.45) is 0. The molecule has 170 valence electrons. The molecule has 0 spiro atoms. The third-order valence-electron chi connectivity index (χ3n) is 4.97. The molecule has 1 unspecified atom stereocenters. The zero-order valence-electron chi connectivity index (χ0n) is 19.5. The number of guanidine groups is 1. The van der Waals surface area contributed by atoms with Gasteiger partial charge in [-0.25, -0.2) is 9.78 Å². The maximum absolute atomic E-state index is 12.1. The number of thiazole rings is 1. The molecule has 8 heteroatoms. The van der Waals surface area contributed by atoms with Gasteiger partial charge in [-0.15, -0.1) is 11.3 Å². The van der Waals surface area contributed by atoms with E-state index in [0.717, 1.165) is 24.6 Å². The Kier molecular flexibility index (Phi) is 9.94. The molecule has 7 nitrogen and oxygen atoms in total. The van der Waals surface area contributed by atoms with E-state index in [1.54, 1.807) is 14.0 Å². The van der Waals surface area contributed by atoms with Gasteiger partial charge in [0.2, 0.25) is 0 Å². The molecule has 0 aliphatic rings. The largest absolute Gasteiger partial charge is 0.462 e. The minimum Gasteiger partial charge on any atom is -0.462 e. The van der Waals surface area contributed by atoms with Crippen LogP contribution in [0.25, 0.3) is 0 Å². The maximum atomic E-state index is 12.1. The average molecular weight is 446 g/mol. The summed E-state index contributed by atoms with van der Waals surface area (Å²) in [5, 5.41) is 7.55. The molecule has 1 heterocycles. The molecular formula is C23H35N5O2S. The quantitative estimate of drug-likeness (QED) is 0.328. The molecule has 0 saturated carbocycles. The number of carbonyl (C=O) groups excluding carboxylic acids is 1. The number of esters is 1. The molecule has 1 atom stereocenters. The van der Waals surface area contributed by atoms with Crippen LogP contribution in [-0.4, -0.2) is 48.6 Å². The van der Waals surface area contributed by atoms with Gasteiger partial charge in [-0.2, -0.15) is 0 Å². The van der Waals surface area contributed by atoms with E-state index in [2.05, 4.69) is 63.6 Å². The minimum absolute atomic E-state index is 0.0907. The van der Waals surface area contributed by atoms with Gasteiger partial charge in [0, 0.05) is 20.1 Å². The highest BCUT2D eigenvalue weighted by Crippen LogP contribution is 2.24. The molecule has 0 aliphatic heterocycles. The number of ether oxygens (including phenoxy) is 1. The first kappa shape index (κ1) is 24.8. The number of nitrogens with zero attached hydrogens (tertiary/aromatic N) is 3. The molecule has 2 aromatic rings. The minimum atomic E-state index is -0.317. The van der Waals surface area contributed by atoms with E-state index in [-0.39, 0.29) is 12.0 Å². The third kappa shape index (κ3) is 7.33. The van der Waals surface area contributed by atoms with E-state index in [4.69, 9.17) is 4.74 Å². The highest BCUT2D eigenvalue weighted by atomic mass is 32.1. The molecule has 1 aromatic carbocycles. The Balaban J connectivity index is 1.97. The summed E-state index contributed by atoms with van der Waals surface area (Å²) in [4.78, 5) is 23.9. The van der Waals surface area contributed by atoms with Crippen LogP contribution in [0.2, 0.25) is 0 Å². The monoisotopic (exact) mass is 445 g/mol. The summed E-state index contributed by atoms with van der Waals surface area (Å²) in [7, 11) is 1.75. The summed E-state index contributed by atoms with van der Waals surface area (Å²) in [6, 6.07) is 8.53. The van der Waals surface area contributed by atoms with Crippen LogP contribution in [-0.2, 0) is 17.8 Å². The molecule has 2 N–H and O–H groups in total. The van der Waals surface area contributed by atoms with Crippen LogP contribution in [0.4, 0.5) is 0 Å². The first-order chi connectivity index (χ1) is 14.9. The van der Waals surface area contributed by atoms with Crippen molar-refractivity contribution in [2.75, 3.05) is 26.7 Å². The van der Waals surface area contributed by atoms with Crippen molar-refractivity contribution >= 4 is 23.3 Å². The maximum Gasteiger partial charge on any atom is 0.350 e. The second-order valence-electron chi connectivity index (χ2n) is 7.26. The predicted octanol–water partition coefficient (Wildman–Crippen LogP) is 3.90. The van der Waals surface area contributed by atoms with E-state index >= 15 is 0 Å². The van der Waals surface area contributed by atoms with E-state index in [1.165, 1.54) is 22.5 Å². The molecule has 1 aromatic heterocycles. The highest BCUT2D eigenvalue weighted by molar-refractivity contribution is 7.13. The second-order valence-corrected chi connectivity index (χ2v) is 8.29. The fourth-order valence-corrected chi connectivity index (χ4v) is 4.14. The normalized spacial score (nSPS) is 12.7. The Morgan fingerprint density at radius 2 is 1.97 bits per heavy atom. The Morgan fingerprint density at radius 1 is 1.26 bits per heavy atom. The van der Waals surface area contributed by atoms with Crippen molar-refractivity contribution in [3.05, 3.63) is 51.0 Å². The van der Waals surface area contributed by atoms with Gasteiger partial charge in [0.15, 0.2) is 5.96 Å². The zero-order valence-corrected chi connectivity index (χ0v) is 20.3. The molecule has 0 saturated heterocycles. The van der Waals surface area contributed by atoms with Crippen molar-refractivity contribution in [3.8, 4) is 0 Å². The average Bonchev–Trinajstić information content (AvgIpc) is 3.17. The fourth-order valence-electron chi connectivity index (χ4n) is 3.18. The number of hydrogen-bond acceptors (Lipinski definition) is 6. The Labute approximate surface area is 189 Å². The van der Waals surface area contributed by atoms with Crippen LogP contribution < -0.4 is 10.6 Å². The van der Waals surface area contributed by atoms with Gasteiger partial charge in [0.25, 0.3) is 0 Å². The number of nitrogens with one attached hydrogen (secondary N) is 2. The van der Waals surface area contributed by atoms with Gasteiger partial charge in [-0.3, -0.25) is 9.89 Å². The SMILES string of the molecule is CCOC(=O)c1sc(C(C)NC(=NC)NCc2cccc(CN(CC)CC)c2)nc1C. The van der Waals surface area contributed by atoms with E-state index in [1.807, 2.05) is 13.8 Å². The van der Waals surface area contributed by atoms with Crippen LogP contribution in [0.5, 0.6) is 0 Å². The molecular weight excluding hydrogens is 410 g/mol. The van der Waals surface area contributed by atoms with Crippen molar-refractivity contribution in [2.24, 2.45) is 4.99 Å². The summed E-state index contributed by atoms with van der Waals surface area (Å²) < 4.78 is 5.11. The lowest BCUT2D eigenvalue weighted by atomic mass is 10.1. The molecule has 0 aliphatic carbocycles. The van der Waals surface area contributed by atoms with Crippen molar-refractivity contribution in [1.82, 2.24) is 20.5 Å². The second kappa shape index (κ2) is 12.4. The molecule has 0 radical (unpaired) electrons. The summed E-state index contributed by atoms with van der Waals surface area (Å²) in [5.41, 5.74) is 3.21. The number of rotatable bonds is 10. The first-order valence-electron chi connectivity index (χ1n) is 10.8. The van der Waals surface area contributed by atoms with Crippen LogP contribution in [0.1, 0.15) is 65.2 Å². The van der Waals surface area contributed by atoms with Gasteiger partial charge in [0.05, 0.1) is 18.3 Å². The number of aryl methyl sites for hydroxylation is 1. The Bertz CT molecular complexity index is 877. The number of benzene rings is 1. The number of aliphatic imine (C=N–C) groups is 1. The lowest BCUT2D eigenvalue weighted by Gasteiger charge is -2.19. The van der Waals surface area contributed by atoms with Gasteiger partial charge >= 0.3 is 5.97 Å².